The SMILES string of the molecule is CCCC(CCBr)CNC(=O)c1ccc(C)cc1Cl. The summed E-state index contributed by atoms with van der Waals surface area (Å²) in [6, 6.07) is 5.51. The van der Waals surface area contributed by atoms with E-state index in [9.17, 15) is 4.79 Å². The van der Waals surface area contributed by atoms with E-state index in [2.05, 4.69) is 28.2 Å². The van der Waals surface area contributed by atoms with Crippen LogP contribution in [0.15, 0.2) is 18.2 Å². The highest BCUT2D eigenvalue weighted by atomic mass is 79.9. The van der Waals surface area contributed by atoms with Gasteiger partial charge >= 0.3 is 0 Å². The largest absolute Gasteiger partial charge is 0.352 e. The standard InChI is InChI=1S/C15H21BrClNO/c1-3-4-12(7-8-16)10-18-15(19)13-6-5-11(2)9-14(13)17/h5-6,9,12H,3-4,7-8,10H2,1-2H3,(H,18,19). The van der Waals surface area contributed by atoms with Gasteiger partial charge in [0.05, 0.1) is 10.6 Å². The summed E-state index contributed by atoms with van der Waals surface area (Å²) in [5, 5.41) is 4.47. The number of hydrogen-bond acceptors (Lipinski definition) is 1. The van der Waals surface area contributed by atoms with Crippen LogP contribution in [0.5, 0.6) is 0 Å². The maximum absolute atomic E-state index is 12.1. The Morgan fingerprint density at radius 1 is 1.42 bits per heavy atom. The van der Waals surface area contributed by atoms with Crippen molar-refractivity contribution in [3.05, 3.63) is 34.3 Å². The van der Waals surface area contributed by atoms with Crippen LogP contribution in [0.2, 0.25) is 5.02 Å². The molecule has 2 nitrogen and oxygen atoms in total. The molecular weight excluding hydrogens is 326 g/mol. The summed E-state index contributed by atoms with van der Waals surface area (Å²) in [5.41, 5.74) is 1.62. The van der Waals surface area contributed by atoms with Gasteiger partial charge in [-0.15, -0.1) is 0 Å². The number of carbonyl (C=O) groups is 1. The molecule has 0 bridgehead atoms. The van der Waals surface area contributed by atoms with Gasteiger partial charge in [-0.25, -0.2) is 0 Å². The molecular formula is C15H21BrClNO. The van der Waals surface area contributed by atoms with E-state index >= 15 is 0 Å². The number of halogens is 2. The zero-order valence-electron chi connectivity index (χ0n) is 11.5. The lowest BCUT2D eigenvalue weighted by Crippen LogP contribution is -2.29. The zero-order valence-corrected chi connectivity index (χ0v) is 13.9. The molecule has 1 aromatic rings. The quantitative estimate of drug-likeness (QED) is 0.719. The second-order valence-electron chi connectivity index (χ2n) is 4.83. The lowest BCUT2D eigenvalue weighted by atomic mass is 10.0. The summed E-state index contributed by atoms with van der Waals surface area (Å²) in [6.45, 7) is 4.84. The number of hydrogen-bond donors (Lipinski definition) is 1. The molecule has 0 aliphatic rings. The van der Waals surface area contributed by atoms with Crippen molar-refractivity contribution in [2.75, 3.05) is 11.9 Å². The van der Waals surface area contributed by atoms with Crippen LogP contribution in [0, 0.1) is 12.8 Å². The van der Waals surface area contributed by atoms with Crippen molar-refractivity contribution in [1.82, 2.24) is 5.32 Å². The molecule has 4 heteroatoms. The van der Waals surface area contributed by atoms with Gasteiger partial charge in [-0.2, -0.15) is 0 Å². The highest BCUT2D eigenvalue weighted by molar-refractivity contribution is 9.09. The van der Waals surface area contributed by atoms with Gasteiger partial charge in [-0.3, -0.25) is 4.79 Å². The number of amides is 1. The molecule has 0 fully saturated rings. The fourth-order valence-electron chi connectivity index (χ4n) is 2.05. The van der Waals surface area contributed by atoms with E-state index in [0.717, 1.165) is 30.2 Å². The third kappa shape index (κ3) is 5.53. The fourth-order valence-corrected chi connectivity index (χ4v) is 3.02. The summed E-state index contributed by atoms with van der Waals surface area (Å²) in [6.07, 6.45) is 3.35. The molecule has 0 aromatic heterocycles. The smallest absolute Gasteiger partial charge is 0.252 e. The minimum absolute atomic E-state index is 0.0827. The predicted molar refractivity (Wildman–Crippen MR) is 85.3 cm³/mol. The minimum Gasteiger partial charge on any atom is -0.352 e. The van der Waals surface area contributed by atoms with Gasteiger partial charge in [0.15, 0.2) is 0 Å². The van der Waals surface area contributed by atoms with Crippen LogP contribution in [0.4, 0.5) is 0 Å². The molecule has 0 spiro atoms. The van der Waals surface area contributed by atoms with Gasteiger partial charge < -0.3 is 5.32 Å². The third-order valence-corrected chi connectivity index (χ3v) is 3.91. The molecule has 1 unspecified atom stereocenters. The van der Waals surface area contributed by atoms with Crippen LogP contribution in [0.25, 0.3) is 0 Å². The van der Waals surface area contributed by atoms with Crippen LogP contribution in [0.3, 0.4) is 0 Å². The average Bonchev–Trinajstić information content (AvgIpc) is 2.36. The zero-order chi connectivity index (χ0) is 14.3. The topological polar surface area (TPSA) is 29.1 Å². The van der Waals surface area contributed by atoms with Crippen molar-refractivity contribution in [2.45, 2.75) is 33.1 Å². The highest BCUT2D eigenvalue weighted by Crippen LogP contribution is 2.18. The van der Waals surface area contributed by atoms with Crippen molar-refractivity contribution in [3.63, 3.8) is 0 Å². The Balaban J connectivity index is 2.58. The van der Waals surface area contributed by atoms with Crippen LogP contribution < -0.4 is 5.32 Å². The molecule has 0 radical (unpaired) electrons. The molecule has 1 amide bonds. The van der Waals surface area contributed by atoms with Crippen molar-refractivity contribution < 1.29 is 4.79 Å². The third-order valence-electron chi connectivity index (χ3n) is 3.13. The molecule has 0 aliphatic heterocycles. The van der Waals surface area contributed by atoms with E-state index in [4.69, 9.17) is 11.6 Å². The van der Waals surface area contributed by atoms with Crippen LogP contribution in [-0.4, -0.2) is 17.8 Å². The second kappa shape index (κ2) is 8.60. The molecule has 0 saturated carbocycles. The van der Waals surface area contributed by atoms with Crippen molar-refractivity contribution >= 4 is 33.4 Å². The summed E-state index contributed by atoms with van der Waals surface area (Å²) < 4.78 is 0. The van der Waals surface area contributed by atoms with Gasteiger partial charge in [-0.1, -0.05) is 46.9 Å². The van der Waals surface area contributed by atoms with Gasteiger partial charge in [0.1, 0.15) is 0 Å². The number of benzene rings is 1. The van der Waals surface area contributed by atoms with Crippen molar-refractivity contribution in [3.8, 4) is 0 Å². The number of aryl methyl sites for hydroxylation is 1. The van der Waals surface area contributed by atoms with E-state index < -0.39 is 0 Å². The Labute approximate surface area is 129 Å². The monoisotopic (exact) mass is 345 g/mol. The first-order chi connectivity index (χ1) is 9.08. The first kappa shape index (κ1) is 16.5. The average molecular weight is 347 g/mol. The highest BCUT2D eigenvalue weighted by Gasteiger charge is 2.13. The molecule has 0 aliphatic carbocycles. The minimum atomic E-state index is -0.0827. The summed E-state index contributed by atoms with van der Waals surface area (Å²) in [4.78, 5) is 12.1. The molecule has 1 rings (SSSR count). The maximum Gasteiger partial charge on any atom is 0.252 e. The van der Waals surface area contributed by atoms with Crippen molar-refractivity contribution in [2.24, 2.45) is 5.92 Å². The van der Waals surface area contributed by atoms with Crippen LogP contribution in [-0.2, 0) is 0 Å². The Bertz CT molecular complexity index is 417. The molecule has 1 aromatic carbocycles. The Morgan fingerprint density at radius 2 is 2.16 bits per heavy atom. The Kier molecular flexibility index (Phi) is 7.47. The first-order valence-electron chi connectivity index (χ1n) is 6.68. The van der Waals surface area contributed by atoms with Crippen LogP contribution in [0.1, 0.15) is 42.1 Å². The molecule has 0 saturated heterocycles. The van der Waals surface area contributed by atoms with Crippen LogP contribution >= 0.6 is 27.5 Å². The molecule has 1 N–H and O–H groups in total. The summed E-state index contributed by atoms with van der Waals surface area (Å²) in [7, 11) is 0. The number of nitrogens with one attached hydrogen (secondary N) is 1. The molecule has 1 atom stereocenters. The van der Waals surface area contributed by atoms with E-state index in [1.165, 1.54) is 0 Å². The summed E-state index contributed by atoms with van der Waals surface area (Å²) in [5.74, 6) is 0.443. The van der Waals surface area contributed by atoms with E-state index in [-0.39, 0.29) is 5.91 Å². The first-order valence-corrected chi connectivity index (χ1v) is 8.18. The number of rotatable bonds is 7. The predicted octanol–water partition coefficient (Wildman–Crippen LogP) is 4.58. The second-order valence-corrected chi connectivity index (χ2v) is 6.03. The Morgan fingerprint density at radius 3 is 2.74 bits per heavy atom. The number of carbonyl (C=O) groups excluding carboxylic acids is 1. The maximum atomic E-state index is 12.1. The van der Waals surface area contributed by atoms with Gasteiger partial charge in [-0.05, 0) is 43.4 Å². The lowest BCUT2D eigenvalue weighted by Gasteiger charge is -2.16. The van der Waals surface area contributed by atoms with E-state index in [1.54, 1.807) is 6.07 Å². The van der Waals surface area contributed by atoms with E-state index in [1.807, 2.05) is 19.1 Å². The lowest BCUT2D eigenvalue weighted by molar-refractivity contribution is 0.0946. The number of alkyl halides is 1. The molecule has 0 heterocycles. The molecule has 106 valence electrons. The Hall–Kier alpha value is -0.540. The fraction of sp³-hybridized carbons (Fsp3) is 0.533. The van der Waals surface area contributed by atoms with E-state index in [0.29, 0.717) is 23.0 Å². The summed E-state index contributed by atoms with van der Waals surface area (Å²) >= 11 is 9.55. The molecule has 19 heavy (non-hydrogen) atoms. The van der Waals surface area contributed by atoms with Gasteiger partial charge in [0.25, 0.3) is 5.91 Å². The van der Waals surface area contributed by atoms with Gasteiger partial charge in [0, 0.05) is 11.9 Å². The van der Waals surface area contributed by atoms with Gasteiger partial charge in [0.2, 0.25) is 0 Å². The normalized spacial score (nSPS) is 12.2. The van der Waals surface area contributed by atoms with Crippen molar-refractivity contribution in [1.29, 1.82) is 0 Å².